The normalized spacial score (nSPS) is 11.5. The average molecular weight is 217 g/mol. The first-order valence-corrected chi connectivity index (χ1v) is 5.31. The van der Waals surface area contributed by atoms with Gasteiger partial charge >= 0.3 is 0 Å². The first-order valence-electron chi connectivity index (χ1n) is 5.31. The van der Waals surface area contributed by atoms with Gasteiger partial charge in [0.2, 0.25) is 5.91 Å². The van der Waals surface area contributed by atoms with E-state index in [0.29, 0.717) is 19.7 Å². The van der Waals surface area contributed by atoms with Crippen LogP contribution in [-0.4, -0.2) is 49.8 Å². The molecule has 0 aromatic rings. The van der Waals surface area contributed by atoms with Crippen molar-refractivity contribution >= 4 is 5.91 Å². The molecule has 0 fully saturated rings. The Morgan fingerprint density at radius 3 is 2.33 bits per heavy atom. The maximum Gasteiger partial charge on any atom is 0.248 e. The van der Waals surface area contributed by atoms with E-state index in [2.05, 4.69) is 0 Å². The Kier molecular flexibility index (Phi) is 6.52. The smallest absolute Gasteiger partial charge is 0.248 e. The Labute approximate surface area is 92.5 Å². The standard InChI is InChI=1S/C11H23NO3/c1-6-12(7-8-14-5)10(13)9-15-11(2,3)4/h6-9H2,1-5H3. The number of nitrogens with zero attached hydrogens (tertiary/aromatic N) is 1. The summed E-state index contributed by atoms with van der Waals surface area (Å²) in [6.45, 7) is 9.78. The van der Waals surface area contributed by atoms with Gasteiger partial charge in [0.05, 0.1) is 12.2 Å². The molecule has 0 aliphatic carbocycles. The number of carbonyl (C=O) groups excluding carboxylic acids is 1. The van der Waals surface area contributed by atoms with Crippen molar-refractivity contribution in [1.29, 1.82) is 0 Å². The second kappa shape index (κ2) is 6.80. The third-order valence-corrected chi connectivity index (χ3v) is 1.93. The molecule has 0 aliphatic heterocycles. The largest absolute Gasteiger partial charge is 0.383 e. The van der Waals surface area contributed by atoms with Crippen LogP contribution in [-0.2, 0) is 14.3 Å². The average Bonchev–Trinajstić information content (AvgIpc) is 2.15. The Morgan fingerprint density at radius 2 is 1.93 bits per heavy atom. The van der Waals surface area contributed by atoms with E-state index in [4.69, 9.17) is 9.47 Å². The van der Waals surface area contributed by atoms with Crippen LogP contribution in [0, 0.1) is 0 Å². The topological polar surface area (TPSA) is 38.8 Å². The fourth-order valence-corrected chi connectivity index (χ4v) is 1.03. The van der Waals surface area contributed by atoms with E-state index in [1.165, 1.54) is 0 Å². The van der Waals surface area contributed by atoms with Crippen molar-refractivity contribution in [3.05, 3.63) is 0 Å². The molecule has 90 valence electrons. The molecule has 0 atom stereocenters. The molecule has 1 amide bonds. The van der Waals surface area contributed by atoms with Gasteiger partial charge in [0, 0.05) is 20.2 Å². The van der Waals surface area contributed by atoms with E-state index < -0.39 is 0 Å². The molecule has 0 saturated carbocycles. The highest BCUT2D eigenvalue weighted by Crippen LogP contribution is 2.06. The van der Waals surface area contributed by atoms with Gasteiger partial charge < -0.3 is 14.4 Å². The molecule has 0 aromatic carbocycles. The summed E-state index contributed by atoms with van der Waals surface area (Å²) in [6, 6.07) is 0. The maximum absolute atomic E-state index is 11.7. The minimum atomic E-state index is -0.268. The van der Waals surface area contributed by atoms with Crippen molar-refractivity contribution in [2.75, 3.05) is 33.4 Å². The molecule has 0 aliphatic rings. The van der Waals surface area contributed by atoms with Crippen molar-refractivity contribution in [1.82, 2.24) is 4.90 Å². The second-order valence-electron chi connectivity index (χ2n) is 4.37. The Hall–Kier alpha value is -0.610. The fraction of sp³-hybridized carbons (Fsp3) is 0.909. The zero-order valence-corrected chi connectivity index (χ0v) is 10.5. The number of hydrogen-bond donors (Lipinski definition) is 0. The van der Waals surface area contributed by atoms with Gasteiger partial charge in [-0.25, -0.2) is 0 Å². The summed E-state index contributed by atoms with van der Waals surface area (Å²) in [4.78, 5) is 13.4. The number of carbonyl (C=O) groups is 1. The number of ether oxygens (including phenoxy) is 2. The van der Waals surface area contributed by atoms with Crippen molar-refractivity contribution in [2.45, 2.75) is 33.3 Å². The molecular weight excluding hydrogens is 194 g/mol. The highest BCUT2D eigenvalue weighted by molar-refractivity contribution is 5.77. The Bertz CT molecular complexity index is 187. The van der Waals surface area contributed by atoms with Crippen LogP contribution in [0.1, 0.15) is 27.7 Å². The summed E-state index contributed by atoms with van der Waals surface area (Å²) in [5.41, 5.74) is -0.268. The summed E-state index contributed by atoms with van der Waals surface area (Å²) in [5.74, 6) is 0.0180. The predicted octanol–water partition coefficient (Wildman–Crippen LogP) is 1.30. The third-order valence-electron chi connectivity index (χ3n) is 1.93. The maximum atomic E-state index is 11.7. The first-order chi connectivity index (χ1) is 6.90. The second-order valence-corrected chi connectivity index (χ2v) is 4.37. The van der Waals surface area contributed by atoms with Gasteiger partial charge in [-0.2, -0.15) is 0 Å². The number of rotatable bonds is 6. The lowest BCUT2D eigenvalue weighted by Gasteiger charge is -2.24. The van der Waals surface area contributed by atoms with E-state index in [1.807, 2.05) is 27.7 Å². The van der Waals surface area contributed by atoms with Crippen LogP contribution in [0.3, 0.4) is 0 Å². The minimum absolute atomic E-state index is 0.0180. The lowest BCUT2D eigenvalue weighted by Crippen LogP contribution is -2.38. The van der Waals surface area contributed by atoms with E-state index in [-0.39, 0.29) is 18.1 Å². The molecule has 0 heterocycles. The number of hydrogen-bond acceptors (Lipinski definition) is 3. The van der Waals surface area contributed by atoms with Crippen molar-refractivity contribution < 1.29 is 14.3 Å². The monoisotopic (exact) mass is 217 g/mol. The lowest BCUT2D eigenvalue weighted by molar-refractivity contribution is -0.141. The highest BCUT2D eigenvalue weighted by Gasteiger charge is 2.16. The number of methoxy groups -OCH3 is 1. The van der Waals surface area contributed by atoms with Gasteiger partial charge in [-0.05, 0) is 27.7 Å². The molecule has 0 N–H and O–H groups in total. The zero-order chi connectivity index (χ0) is 11.9. The van der Waals surface area contributed by atoms with E-state index >= 15 is 0 Å². The van der Waals surface area contributed by atoms with Gasteiger partial charge in [-0.3, -0.25) is 4.79 Å². The fourth-order valence-electron chi connectivity index (χ4n) is 1.03. The van der Waals surface area contributed by atoms with Gasteiger partial charge in [0.25, 0.3) is 0 Å². The molecule has 4 heteroatoms. The molecule has 0 saturated heterocycles. The van der Waals surface area contributed by atoms with Crippen LogP contribution in [0.15, 0.2) is 0 Å². The molecule has 15 heavy (non-hydrogen) atoms. The molecule has 0 bridgehead atoms. The molecule has 0 unspecified atom stereocenters. The zero-order valence-electron chi connectivity index (χ0n) is 10.5. The summed E-state index contributed by atoms with van der Waals surface area (Å²) >= 11 is 0. The van der Waals surface area contributed by atoms with E-state index in [0.717, 1.165) is 0 Å². The van der Waals surface area contributed by atoms with Gasteiger partial charge in [0.1, 0.15) is 6.61 Å². The number of likely N-dealkylation sites (N-methyl/N-ethyl adjacent to an activating group) is 1. The van der Waals surface area contributed by atoms with Crippen LogP contribution in [0.5, 0.6) is 0 Å². The molecule has 4 nitrogen and oxygen atoms in total. The third kappa shape index (κ3) is 7.33. The molecule has 0 radical (unpaired) electrons. The van der Waals surface area contributed by atoms with Crippen LogP contribution in [0.2, 0.25) is 0 Å². The van der Waals surface area contributed by atoms with Gasteiger partial charge in [0.15, 0.2) is 0 Å². The highest BCUT2D eigenvalue weighted by atomic mass is 16.5. The Balaban J connectivity index is 3.94. The van der Waals surface area contributed by atoms with Crippen molar-refractivity contribution in [2.24, 2.45) is 0 Å². The van der Waals surface area contributed by atoms with Crippen LogP contribution < -0.4 is 0 Å². The van der Waals surface area contributed by atoms with Crippen molar-refractivity contribution in [3.63, 3.8) is 0 Å². The number of amides is 1. The van der Waals surface area contributed by atoms with E-state index in [9.17, 15) is 4.79 Å². The van der Waals surface area contributed by atoms with Crippen LogP contribution >= 0.6 is 0 Å². The molecule has 0 spiro atoms. The lowest BCUT2D eigenvalue weighted by atomic mass is 10.2. The van der Waals surface area contributed by atoms with E-state index in [1.54, 1.807) is 12.0 Å². The molecule has 0 aromatic heterocycles. The first kappa shape index (κ1) is 14.4. The quantitative estimate of drug-likeness (QED) is 0.673. The summed E-state index contributed by atoms with van der Waals surface area (Å²) < 4.78 is 10.4. The van der Waals surface area contributed by atoms with Crippen LogP contribution in [0.4, 0.5) is 0 Å². The summed E-state index contributed by atoms with van der Waals surface area (Å²) in [7, 11) is 1.63. The molecular formula is C11H23NO3. The Morgan fingerprint density at radius 1 is 1.33 bits per heavy atom. The van der Waals surface area contributed by atoms with Gasteiger partial charge in [-0.15, -0.1) is 0 Å². The summed E-state index contributed by atoms with van der Waals surface area (Å²) in [6.07, 6.45) is 0. The van der Waals surface area contributed by atoms with Crippen LogP contribution in [0.25, 0.3) is 0 Å². The summed E-state index contributed by atoms with van der Waals surface area (Å²) in [5, 5.41) is 0. The predicted molar refractivity (Wildman–Crippen MR) is 59.8 cm³/mol. The van der Waals surface area contributed by atoms with Gasteiger partial charge in [-0.1, -0.05) is 0 Å². The SMILES string of the molecule is CCN(CCOC)C(=O)COC(C)(C)C. The van der Waals surface area contributed by atoms with Crippen molar-refractivity contribution in [3.8, 4) is 0 Å². The molecule has 0 rings (SSSR count). The minimum Gasteiger partial charge on any atom is -0.383 e.